The van der Waals surface area contributed by atoms with Crippen LogP contribution in [0, 0.1) is 5.92 Å². The molecule has 3 nitrogen and oxygen atoms in total. The zero-order chi connectivity index (χ0) is 8.97. The van der Waals surface area contributed by atoms with Gasteiger partial charge in [0.15, 0.2) is 0 Å². The molecule has 0 aromatic carbocycles. The fourth-order valence-corrected chi connectivity index (χ4v) is 1.51. The van der Waals surface area contributed by atoms with Crippen LogP contribution in [0.25, 0.3) is 0 Å². The summed E-state index contributed by atoms with van der Waals surface area (Å²) in [6.07, 6.45) is 6.18. The fourth-order valence-electron chi connectivity index (χ4n) is 1.51. The monoisotopic (exact) mass is 170 g/mol. The molecule has 1 aliphatic rings. The first-order chi connectivity index (χ1) is 5.68. The SMILES string of the molecule is O=C(O)/C=C/C1CCC(O)CC1. The van der Waals surface area contributed by atoms with Gasteiger partial charge in [-0.15, -0.1) is 0 Å². The van der Waals surface area contributed by atoms with Crippen molar-refractivity contribution in [2.45, 2.75) is 31.8 Å². The second-order valence-electron chi connectivity index (χ2n) is 3.27. The largest absolute Gasteiger partial charge is 0.478 e. The van der Waals surface area contributed by atoms with Crippen molar-refractivity contribution in [2.75, 3.05) is 0 Å². The lowest BCUT2D eigenvalue weighted by atomic mass is 9.87. The Kier molecular flexibility index (Phi) is 3.29. The Hall–Kier alpha value is -0.830. The lowest BCUT2D eigenvalue weighted by molar-refractivity contribution is -0.131. The van der Waals surface area contributed by atoms with Gasteiger partial charge >= 0.3 is 5.97 Å². The molecule has 0 unspecified atom stereocenters. The molecule has 3 heteroatoms. The second kappa shape index (κ2) is 4.26. The highest BCUT2D eigenvalue weighted by atomic mass is 16.4. The molecule has 1 aliphatic carbocycles. The van der Waals surface area contributed by atoms with E-state index >= 15 is 0 Å². The smallest absolute Gasteiger partial charge is 0.327 e. The first kappa shape index (κ1) is 9.26. The first-order valence-electron chi connectivity index (χ1n) is 4.27. The molecular weight excluding hydrogens is 156 g/mol. The number of aliphatic hydroxyl groups is 1. The molecule has 0 heterocycles. The topological polar surface area (TPSA) is 57.5 Å². The zero-order valence-corrected chi connectivity index (χ0v) is 6.94. The van der Waals surface area contributed by atoms with Gasteiger partial charge in [0.2, 0.25) is 0 Å². The summed E-state index contributed by atoms with van der Waals surface area (Å²) in [5, 5.41) is 17.5. The van der Waals surface area contributed by atoms with Crippen molar-refractivity contribution < 1.29 is 15.0 Å². The number of aliphatic hydroxyl groups excluding tert-OH is 1. The van der Waals surface area contributed by atoms with Gasteiger partial charge < -0.3 is 10.2 Å². The maximum atomic E-state index is 10.2. The van der Waals surface area contributed by atoms with E-state index in [1.807, 2.05) is 0 Å². The van der Waals surface area contributed by atoms with Crippen LogP contribution in [-0.4, -0.2) is 22.3 Å². The minimum absolute atomic E-state index is 0.167. The summed E-state index contributed by atoms with van der Waals surface area (Å²) < 4.78 is 0. The van der Waals surface area contributed by atoms with Gasteiger partial charge in [-0.25, -0.2) is 4.79 Å². The highest BCUT2D eigenvalue weighted by Crippen LogP contribution is 2.24. The summed E-state index contributed by atoms with van der Waals surface area (Å²) >= 11 is 0. The van der Waals surface area contributed by atoms with Gasteiger partial charge in [-0.1, -0.05) is 6.08 Å². The van der Waals surface area contributed by atoms with Crippen LogP contribution in [0.4, 0.5) is 0 Å². The van der Waals surface area contributed by atoms with Gasteiger partial charge in [-0.2, -0.15) is 0 Å². The molecule has 0 aromatic heterocycles. The number of carboxylic acid groups (broad SMARTS) is 1. The number of carbonyl (C=O) groups is 1. The Morgan fingerprint density at radius 1 is 1.25 bits per heavy atom. The maximum Gasteiger partial charge on any atom is 0.327 e. The van der Waals surface area contributed by atoms with E-state index in [2.05, 4.69) is 0 Å². The van der Waals surface area contributed by atoms with Gasteiger partial charge in [0.05, 0.1) is 6.10 Å². The van der Waals surface area contributed by atoms with Crippen molar-refractivity contribution in [3.05, 3.63) is 12.2 Å². The average Bonchev–Trinajstić information content (AvgIpc) is 2.03. The molecular formula is C9H14O3. The predicted octanol–water partition coefficient (Wildman–Crippen LogP) is 1.18. The standard InChI is InChI=1S/C9H14O3/c10-8-4-1-7(2-5-8)3-6-9(11)12/h3,6-8,10H,1-2,4-5H2,(H,11,12)/b6-3+. The summed E-state index contributed by atoms with van der Waals surface area (Å²) in [5.74, 6) is -0.536. The van der Waals surface area contributed by atoms with Crippen molar-refractivity contribution in [2.24, 2.45) is 5.92 Å². The molecule has 0 bridgehead atoms. The van der Waals surface area contributed by atoms with E-state index in [-0.39, 0.29) is 6.10 Å². The van der Waals surface area contributed by atoms with Crippen LogP contribution in [0.15, 0.2) is 12.2 Å². The predicted molar refractivity (Wildman–Crippen MR) is 44.7 cm³/mol. The van der Waals surface area contributed by atoms with Crippen LogP contribution < -0.4 is 0 Å². The molecule has 0 aliphatic heterocycles. The van der Waals surface area contributed by atoms with E-state index in [1.54, 1.807) is 6.08 Å². The minimum Gasteiger partial charge on any atom is -0.478 e. The molecule has 0 radical (unpaired) electrons. The number of allylic oxidation sites excluding steroid dienone is 1. The Bertz CT molecular complexity index is 178. The van der Waals surface area contributed by atoms with Crippen LogP contribution in [0.5, 0.6) is 0 Å². The van der Waals surface area contributed by atoms with Crippen molar-refractivity contribution >= 4 is 5.97 Å². The molecule has 0 saturated heterocycles. The van der Waals surface area contributed by atoms with E-state index < -0.39 is 5.97 Å². The van der Waals surface area contributed by atoms with E-state index in [4.69, 9.17) is 10.2 Å². The third-order valence-corrected chi connectivity index (χ3v) is 2.25. The Balaban J connectivity index is 2.30. The lowest BCUT2D eigenvalue weighted by Gasteiger charge is -2.22. The van der Waals surface area contributed by atoms with Gasteiger partial charge in [0, 0.05) is 6.08 Å². The number of hydrogen-bond donors (Lipinski definition) is 2. The molecule has 0 amide bonds. The Morgan fingerprint density at radius 3 is 2.33 bits per heavy atom. The summed E-state index contributed by atoms with van der Waals surface area (Å²) in [6.45, 7) is 0. The molecule has 1 rings (SSSR count). The zero-order valence-electron chi connectivity index (χ0n) is 6.94. The fraction of sp³-hybridized carbons (Fsp3) is 0.667. The second-order valence-corrected chi connectivity index (χ2v) is 3.27. The number of hydrogen-bond acceptors (Lipinski definition) is 2. The van der Waals surface area contributed by atoms with Gasteiger partial charge in [-0.3, -0.25) is 0 Å². The Labute approximate surface area is 71.7 Å². The van der Waals surface area contributed by atoms with Crippen molar-refractivity contribution in [3.8, 4) is 0 Å². The Morgan fingerprint density at radius 2 is 1.83 bits per heavy atom. The average molecular weight is 170 g/mol. The van der Waals surface area contributed by atoms with Crippen molar-refractivity contribution in [3.63, 3.8) is 0 Å². The number of carboxylic acids is 1. The van der Waals surface area contributed by atoms with Crippen molar-refractivity contribution in [1.29, 1.82) is 0 Å². The molecule has 0 spiro atoms. The third kappa shape index (κ3) is 3.05. The van der Waals surface area contributed by atoms with E-state index in [0.29, 0.717) is 5.92 Å². The molecule has 68 valence electrons. The number of aliphatic carboxylic acids is 1. The van der Waals surface area contributed by atoms with Crippen LogP contribution in [-0.2, 0) is 4.79 Å². The van der Waals surface area contributed by atoms with Gasteiger partial charge in [-0.05, 0) is 31.6 Å². The van der Waals surface area contributed by atoms with Crippen molar-refractivity contribution in [1.82, 2.24) is 0 Å². The molecule has 2 N–H and O–H groups in total. The highest BCUT2D eigenvalue weighted by Gasteiger charge is 2.16. The van der Waals surface area contributed by atoms with Crippen LogP contribution in [0.2, 0.25) is 0 Å². The van der Waals surface area contributed by atoms with E-state index in [0.717, 1.165) is 25.7 Å². The normalized spacial score (nSPS) is 30.8. The third-order valence-electron chi connectivity index (χ3n) is 2.25. The molecule has 0 aromatic rings. The van der Waals surface area contributed by atoms with E-state index in [1.165, 1.54) is 6.08 Å². The van der Waals surface area contributed by atoms with Gasteiger partial charge in [0.1, 0.15) is 0 Å². The summed E-state index contributed by atoms with van der Waals surface area (Å²) in [4.78, 5) is 10.2. The first-order valence-corrected chi connectivity index (χ1v) is 4.27. The van der Waals surface area contributed by atoms with Crippen LogP contribution >= 0.6 is 0 Å². The lowest BCUT2D eigenvalue weighted by Crippen LogP contribution is -2.16. The molecule has 1 fully saturated rings. The number of rotatable bonds is 2. The molecule has 1 saturated carbocycles. The van der Waals surface area contributed by atoms with E-state index in [9.17, 15) is 4.79 Å². The summed E-state index contributed by atoms with van der Waals surface area (Å²) in [5.41, 5.74) is 0. The van der Waals surface area contributed by atoms with Gasteiger partial charge in [0.25, 0.3) is 0 Å². The quantitative estimate of drug-likeness (QED) is 0.612. The maximum absolute atomic E-state index is 10.2. The summed E-state index contributed by atoms with van der Waals surface area (Å²) in [6, 6.07) is 0. The minimum atomic E-state index is -0.888. The molecule has 12 heavy (non-hydrogen) atoms. The highest BCUT2D eigenvalue weighted by molar-refractivity contribution is 5.79. The molecule has 0 atom stereocenters. The van der Waals surface area contributed by atoms with Crippen LogP contribution in [0.3, 0.4) is 0 Å². The summed E-state index contributed by atoms with van der Waals surface area (Å²) in [7, 11) is 0. The van der Waals surface area contributed by atoms with Crippen LogP contribution in [0.1, 0.15) is 25.7 Å².